The van der Waals surface area contributed by atoms with Crippen LogP contribution in [-0.4, -0.2) is 15.9 Å². The second-order valence-electron chi connectivity index (χ2n) is 6.26. The number of carbonyl (C=O) groups excluding carboxylic acids is 1. The number of rotatable bonds is 5. The smallest absolute Gasteiger partial charge is 0.331 e. The zero-order chi connectivity index (χ0) is 19.3. The Labute approximate surface area is 162 Å². The molecule has 0 atom stereocenters. The lowest BCUT2D eigenvalue weighted by Crippen LogP contribution is -2.02. The van der Waals surface area contributed by atoms with Crippen molar-refractivity contribution in [2.24, 2.45) is 0 Å². The average molecular weight is 370 g/mol. The average Bonchev–Trinajstić information content (AvgIpc) is 3.12. The highest BCUT2D eigenvalue weighted by atomic mass is 16.5. The third kappa shape index (κ3) is 3.99. The normalized spacial score (nSPS) is 11.2. The topological polar surface area (TPSA) is 65.2 Å². The van der Waals surface area contributed by atoms with Crippen LogP contribution in [0.1, 0.15) is 17.1 Å². The number of benzene rings is 2. The van der Waals surface area contributed by atoms with E-state index in [1.807, 2.05) is 66.7 Å². The van der Waals surface area contributed by atoms with E-state index in [0.717, 1.165) is 16.5 Å². The van der Waals surface area contributed by atoms with Crippen LogP contribution < -0.4 is 0 Å². The standard InChI is InChI=1S/C23H18N2O3/c1-16-21(25-23(28-16)18-8-3-2-4-9-18)15-27-22(26)14-13-19-12-11-17-7-5-6-10-20(17)24-19/h2-14H,15H2,1H3/b14-13+. The van der Waals surface area contributed by atoms with Crippen molar-refractivity contribution >= 4 is 22.9 Å². The SMILES string of the molecule is Cc1oc(-c2ccccc2)nc1COC(=O)/C=C/c1ccc2ccccc2n1. The molecule has 0 aliphatic carbocycles. The predicted octanol–water partition coefficient (Wildman–Crippen LogP) is 4.95. The van der Waals surface area contributed by atoms with Crippen molar-refractivity contribution in [3.05, 3.63) is 90.0 Å². The molecule has 0 spiro atoms. The van der Waals surface area contributed by atoms with Gasteiger partial charge in [0.1, 0.15) is 18.1 Å². The van der Waals surface area contributed by atoms with Crippen LogP contribution in [0.3, 0.4) is 0 Å². The van der Waals surface area contributed by atoms with Crippen molar-refractivity contribution in [2.75, 3.05) is 0 Å². The third-order valence-electron chi connectivity index (χ3n) is 4.27. The van der Waals surface area contributed by atoms with Gasteiger partial charge in [-0.05, 0) is 37.3 Å². The maximum absolute atomic E-state index is 12.0. The van der Waals surface area contributed by atoms with Gasteiger partial charge in [-0.1, -0.05) is 42.5 Å². The molecular formula is C23H18N2O3. The highest BCUT2D eigenvalue weighted by Crippen LogP contribution is 2.21. The summed E-state index contributed by atoms with van der Waals surface area (Å²) < 4.78 is 11.0. The summed E-state index contributed by atoms with van der Waals surface area (Å²) in [5, 5.41) is 1.05. The van der Waals surface area contributed by atoms with Gasteiger partial charge >= 0.3 is 5.97 Å². The Hall–Kier alpha value is -3.73. The van der Waals surface area contributed by atoms with Crippen LogP contribution in [0.5, 0.6) is 0 Å². The summed E-state index contributed by atoms with van der Waals surface area (Å²) in [5.41, 5.74) is 3.05. The second kappa shape index (κ2) is 7.88. The number of esters is 1. The molecule has 0 radical (unpaired) electrons. The fourth-order valence-electron chi connectivity index (χ4n) is 2.78. The van der Waals surface area contributed by atoms with E-state index >= 15 is 0 Å². The van der Waals surface area contributed by atoms with Gasteiger partial charge in [0.2, 0.25) is 5.89 Å². The van der Waals surface area contributed by atoms with E-state index in [1.54, 1.807) is 13.0 Å². The molecule has 2 aromatic carbocycles. The summed E-state index contributed by atoms with van der Waals surface area (Å²) in [6, 6.07) is 21.3. The molecule has 0 amide bonds. The number of hydrogen-bond acceptors (Lipinski definition) is 5. The molecular weight excluding hydrogens is 352 g/mol. The van der Waals surface area contributed by atoms with Gasteiger partial charge in [0.25, 0.3) is 0 Å². The molecule has 5 nitrogen and oxygen atoms in total. The van der Waals surface area contributed by atoms with Gasteiger partial charge in [0.15, 0.2) is 0 Å². The number of ether oxygens (including phenoxy) is 1. The van der Waals surface area contributed by atoms with Crippen LogP contribution in [-0.2, 0) is 16.1 Å². The zero-order valence-corrected chi connectivity index (χ0v) is 15.3. The number of para-hydroxylation sites is 1. The minimum Gasteiger partial charge on any atom is -0.456 e. The molecule has 2 heterocycles. The van der Waals surface area contributed by atoms with Gasteiger partial charge in [0, 0.05) is 17.0 Å². The summed E-state index contributed by atoms with van der Waals surface area (Å²) in [6.07, 6.45) is 3.00. The number of aryl methyl sites for hydroxylation is 1. The monoisotopic (exact) mass is 370 g/mol. The first-order chi connectivity index (χ1) is 13.7. The number of hydrogen-bond donors (Lipinski definition) is 0. The van der Waals surface area contributed by atoms with Gasteiger partial charge in [-0.3, -0.25) is 0 Å². The van der Waals surface area contributed by atoms with E-state index in [0.29, 0.717) is 23.0 Å². The molecule has 0 saturated heterocycles. The largest absolute Gasteiger partial charge is 0.456 e. The summed E-state index contributed by atoms with van der Waals surface area (Å²) in [4.78, 5) is 21.0. The Morgan fingerprint density at radius 3 is 2.64 bits per heavy atom. The molecule has 0 fully saturated rings. The Morgan fingerprint density at radius 1 is 1.00 bits per heavy atom. The van der Waals surface area contributed by atoms with Crippen LogP contribution in [0.2, 0.25) is 0 Å². The molecule has 0 bridgehead atoms. The van der Waals surface area contributed by atoms with Gasteiger partial charge in [-0.2, -0.15) is 0 Å². The number of aromatic nitrogens is 2. The Morgan fingerprint density at radius 2 is 1.79 bits per heavy atom. The first kappa shape index (κ1) is 17.7. The molecule has 0 unspecified atom stereocenters. The highest BCUT2D eigenvalue weighted by Gasteiger charge is 2.12. The van der Waals surface area contributed by atoms with Crippen LogP contribution >= 0.6 is 0 Å². The molecule has 4 rings (SSSR count). The number of pyridine rings is 1. The van der Waals surface area contributed by atoms with E-state index in [1.165, 1.54) is 6.08 Å². The zero-order valence-electron chi connectivity index (χ0n) is 15.3. The van der Waals surface area contributed by atoms with Crippen molar-refractivity contribution in [1.82, 2.24) is 9.97 Å². The molecule has 0 saturated carbocycles. The quantitative estimate of drug-likeness (QED) is 0.367. The van der Waals surface area contributed by atoms with Crippen LogP contribution in [0.4, 0.5) is 0 Å². The maximum Gasteiger partial charge on any atom is 0.331 e. The van der Waals surface area contributed by atoms with E-state index in [2.05, 4.69) is 9.97 Å². The molecule has 0 aliphatic heterocycles. The van der Waals surface area contributed by atoms with E-state index < -0.39 is 5.97 Å². The number of carbonyl (C=O) groups is 1. The van der Waals surface area contributed by atoms with E-state index in [-0.39, 0.29) is 6.61 Å². The van der Waals surface area contributed by atoms with Crippen molar-refractivity contribution in [3.8, 4) is 11.5 Å². The van der Waals surface area contributed by atoms with Crippen molar-refractivity contribution < 1.29 is 13.9 Å². The van der Waals surface area contributed by atoms with Gasteiger partial charge < -0.3 is 9.15 Å². The lowest BCUT2D eigenvalue weighted by molar-refractivity contribution is -0.139. The molecule has 2 aromatic heterocycles. The van der Waals surface area contributed by atoms with E-state index in [4.69, 9.17) is 9.15 Å². The van der Waals surface area contributed by atoms with Crippen LogP contribution in [0.15, 0.2) is 77.2 Å². The number of nitrogens with zero attached hydrogens (tertiary/aromatic N) is 2. The molecule has 138 valence electrons. The van der Waals surface area contributed by atoms with Crippen molar-refractivity contribution in [2.45, 2.75) is 13.5 Å². The summed E-state index contributed by atoms with van der Waals surface area (Å²) in [5.74, 6) is 0.686. The lowest BCUT2D eigenvalue weighted by Gasteiger charge is -2.00. The van der Waals surface area contributed by atoms with Crippen LogP contribution in [0, 0.1) is 6.92 Å². The van der Waals surface area contributed by atoms with Crippen molar-refractivity contribution in [3.63, 3.8) is 0 Å². The van der Waals surface area contributed by atoms with E-state index in [9.17, 15) is 4.79 Å². The Bertz CT molecular complexity index is 1150. The third-order valence-corrected chi connectivity index (χ3v) is 4.27. The van der Waals surface area contributed by atoms with Crippen molar-refractivity contribution in [1.29, 1.82) is 0 Å². The second-order valence-corrected chi connectivity index (χ2v) is 6.26. The van der Waals surface area contributed by atoms with Gasteiger partial charge in [-0.15, -0.1) is 0 Å². The first-order valence-electron chi connectivity index (χ1n) is 8.91. The molecule has 0 aliphatic rings. The number of oxazole rings is 1. The van der Waals surface area contributed by atoms with Gasteiger partial charge in [0.05, 0.1) is 11.2 Å². The lowest BCUT2D eigenvalue weighted by atomic mass is 10.2. The maximum atomic E-state index is 12.0. The predicted molar refractivity (Wildman–Crippen MR) is 107 cm³/mol. The highest BCUT2D eigenvalue weighted by molar-refractivity contribution is 5.87. The summed E-state index contributed by atoms with van der Waals surface area (Å²) >= 11 is 0. The minimum absolute atomic E-state index is 0.0521. The Kier molecular flexibility index (Phi) is 4.97. The number of fused-ring (bicyclic) bond motifs is 1. The first-order valence-corrected chi connectivity index (χ1v) is 8.91. The fraction of sp³-hybridized carbons (Fsp3) is 0.0870. The molecule has 4 aromatic rings. The Balaban J connectivity index is 1.40. The molecule has 28 heavy (non-hydrogen) atoms. The summed E-state index contributed by atoms with van der Waals surface area (Å²) in [7, 11) is 0. The van der Waals surface area contributed by atoms with Gasteiger partial charge in [-0.25, -0.2) is 14.8 Å². The summed E-state index contributed by atoms with van der Waals surface area (Å²) in [6.45, 7) is 1.86. The fourth-order valence-corrected chi connectivity index (χ4v) is 2.78. The minimum atomic E-state index is -0.460. The molecule has 5 heteroatoms. The van der Waals surface area contributed by atoms with Crippen LogP contribution in [0.25, 0.3) is 28.4 Å². The molecule has 0 N–H and O–H groups in total.